The monoisotopic (exact) mass is 361 g/mol. The lowest BCUT2D eigenvalue weighted by molar-refractivity contribution is -0.275. The summed E-state index contributed by atoms with van der Waals surface area (Å²) in [5, 5.41) is 0. The largest absolute Gasteiger partial charge is 0.573 e. The summed E-state index contributed by atoms with van der Waals surface area (Å²) in [7, 11) is -2.96. The van der Waals surface area contributed by atoms with Gasteiger partial charge in [-0.3, -0.25) is 4.72 Å². The van der Waals surface area contributed by atoms with Gasteiger partial charge in [0.05, 0.1) is 12.8 Å². The fraction of sp³-hybridized carbons (Fsp3) is 0.200. The van der Waals surface area contributed by atoms with E-state index in [1.807, 2.05) is 0 Å². The average molecular weight is 361 g/mol. The number of sulfonamides is 1. The number of rotatable bonds is 5. The summed E-state index contributed by atoms with van der Waals surface area (Å²) < 4.78 is 73.3. The lowest BCUT2D eigenvalue weighted by Crippen LogP contribution is -2.21. The quantitative estimate of drug-likeness (QED) is 0.882. The number of ether oxygens (including phenoxy) is 2. The summed E-state index contributed by atoms with van der Waals surface area (Å²) in [5.74, 6) is -0.573. The van der Waals surface area contributed by atoms with Gasteiger partial charge in [0.25, 0.3) is 10.0 Å². The van der Waals surface area contributed by atoms with Gasteiger partial charge >= 0.3 is 6.36 Å². The molecule has 0 heterocycles. The van der Waals surface area contributed by atoms with Gasteiger partial charge in [0.2, 0.25) is 0 Å². The van der Waals surface area contributed by atoms with Crippen LogP contribution in [0.2, 0.25) is 0 Å². The number of nitrogens with one attached hydrogen (secondary N) is 1. The highest BCUT2D eigenvalue weighted by molar-refractivity contribution is 7.92. The summed E-state index contributed by atoms with van der Waals surface area (Å²) in [6.45, 7) is 1.78. The summed E-state index contributed by atoms with van der Waals surface area (Å²) in [6, 6.07) is 9.17. The average Bonchev–Trinajstić information content (AvgIpc) is 2.47. The fourth-order valence-corrected chi connectivity index (χ4v) is 3.16. The van der Waals surface area contributed by atoms with E-state index in [0.29, 0.717) is 0 Å². The van der Waals surface area contributed by atoms with Crippen LogP contribution in [0.5, 0.6) is 11.5 Å². The van der Waals surface area contributed by atoms with Gasteiger partial charge in [-0.2, -0.15) is 0 Å². The maximum atomic E-state index is 12.4. The molecule has 0 amide bonds. The SMILES string of the molecule is COc1cc(C)ccc1NS(=O)(=O)c1ccccc1OC(F)(F)F. The van der Waals surface area contributed by atoms with Crippen molar-refractivity contribution in [3.63, 3.8) is 0 Å². The van der Waals surface area contributed by atoms with Crippen molar-refractivity contribution in [3.05, 3.63) is 48.0 Å². The first-order chi connectivity index (χ1) is 11.1. The van der Waals surface area contributed by atoms with E-state index in [-0.39, 0.29) is 11.4 Å². The first-order valence-corrected chi connectivity index (χ1v) is 8.13. The van der Waals surface area contributed by atoms with E-state index < -0.39 is 27.0 Å². The molecule has 0 radical (unpaired) electrons. The molecule has 0 unspecified atom stereocenters. The number of hydrogen-bond donors (Lipinski definition) is 1. The van der Waals surface area contributed by atoms with E-state index >= 15 is 0 Å². The standard InChI is InChI=1S/C15H14F3NO4S/c1-10-7-8-11(13(9-10)22-2)19-24(20,21)14-6-4-3-5-12(14)23-15(16,17)18/h3-9,19H,1-2H3. The zero-order chi connectivity index (χ0) is 18.0. The molecule has 0 saturated carbocycles. The number of methoxy groups -OCH3 is 1. The van der Waals surface area contributed by atoms with Crippen LogP contribution in [-0.2, 0) is 10.0 Å². The van der Waals surface area contributed by atoms with E-state index in [1.54, 1.807) is 19.1 Å². The van der Waals surface area contributed by atoms with Crippen LogP contribution in [0.1, 0.15) is 5.56 Å². The predicted molar refractivity (Wildman–Crippen MR) is 81.7 cm³/mol. The summed E-state index contributed by atoms with van der Waals surface area (Å²) in [5.41, 5.74) is 0.931. The molecule has 0 aromatic heterocycles. The van der Waals surface area contributed by atoms with Crippen LogP contribution < -0.4 is 14.2 Å². The number of benzene rings is 2. The molecule has 5 nitrogen and oxygen atoms in total. The highest BCUT2D eigenvalue weighted by Crippen LogP contribution is 2.32. The van der Waals surface area contributed by atoms with Crippen molar-refractivity contribution in [2.75, 3.05) is 11.8 Å². The normalized spacial score (nSPS) is 11.9. The van der Waals surface area contributed by atoms with Crippen molar-refractivity contribution in [2.45, 2.75) is 18.2 Å². The summed E-state index contributed by atoms with van der Waals surface area (Å²) in [4.78, 5) is -0.634. The van der Waals surface area contributed by atoms with Crippen molar-refractivity contribution < 1.29 is 31.1 Å². The highest BCUT2D eigenvalue weighted by atomic mass is 32.2. The fourth-order valence-electron chi connectivity index (χ4n) is 1.96. The van der Waals surface area contributed by atoms with Gasteiger partial charge in [-0.25, -0.2) is 8.42 Å². The Bertz CT molecular complexity index is 835. The Balaban J connectivity index is 2.42. The molecule has 0 saturated heterocycles. The molecule has 0 aliphatic heterocycles. The second-order valence-electron chi connectivity index (χ2n) is 4.80. The van der Waals surface area contributed by atoms with Crippen molar-refractivity contribution in [1.29, 1.82) is 0 Å². The topological polar surface area (TPSA) is 64.6 Å². The molecular formula is C15H14F3NO4S. The Hall–Kier alpha value is -2.42. The van der Waals surface area contributed by atoms with Gasteiger partial charge < -0.3 is 9.47 Å². The number of alkyl halides is 3. The van der Waals surface area contributed by atoms with Crippen LogP contribution in [0.25, 0.3) is 0 Å². The maximum Gasteiger partial charge on any atom is 0.573 e. The first-order valence-electron chi connectivity index (χ1n) is 6.64. The number of aryl methyl sites for hydroxylation is 1. The first kappa shape index (κ1) is 17.9. The van der Waals surface area contributed by atoms with Crippen LogP contribution in [0, 0.1) is 6.92 Å². The molecule has 9 heteroatoms. The van der Waals surface area contributed by atoms with Crippen molar-refractivity contribution in [2.24, 2.45) is 0 Å². The molecule has 0 aliphatic rings. The van der Waals surface area contributed by atoms with Crippen LogP contribution in [-0.4, -0.2) is 21.9 Å². The van der Waals surface area contributed by atoms with Gasteiger partial charge in [-0.1, -0.05) is 18.2 Å². The van der Waals surface area contributed by atoms with Gasteiger partial charge in [-0.15, -0.1) is 13.2 Å². The van der Waals surface area contributed by atoms with Crippen LogP contribution in [0.3, 0.4) is 0 Å². The predicted octanol–water partition coefficient (Wildman–Crippen LogP) is 3.70. The van der Waals surface area contributed by atoms with Crippen molar-refractivity contribution in [1.82, 2.24) is 0 Å². The molecule has 24 heavy (non-hydrogen) atoms. The van der Waals surface area contributed by atoms with E-state index in [4.69, 9.17) is 4.74 Å². The molecule has 130 valence electrons. The minimum Gasteiger partial charge on any atom is -0.495 e. The molecule has 0 bridgehead atoms. The molecule has 2 aromatic carbocycles. The number of halogens is 3. The van der Waals surface area contributed by atoms with E-state index in [1.165, 1.54) is 25.3 Å². The van der Waals surface area contributed by atoms with E-state index in [0.717, 1.165) is 17.7 Å². The molecule has 2 aromatic rings. The third kappa shape index (κ3) is 4.31. The lowest BCUT2D eigenvalue weighted by atomic mass is 10.2. The third-order valence-electron chi connectivity index (χ3n) is 2.97. The zero-order valence-corrected chi connectivity index (χ0v) is 13.5. The summed E-state index contributed by atoms with van der Waals surface area (Å²) in [6.07, 6.45) is -5.01. The number of para-hydroxylation sites is 1. The minimum absolute atomic E-state index is 0.102. The Kier molecular flexibility index (Phi) is 4.93. The molecule has 0 atom stereocenters. The highest BCUT2D eigenvalue weighted by Gasteiger charge is 2.34. The zero-order valence-electron chi connectivity index (χ0n) is 12.7. The van der Waals surface area contributed by atoms with Crippen molar-refractivity contribution >= 4 is 15.7 Å². The molecule has 0 spiro atoms. The van der Waals surface area contributed by atoms with E-state index in [9.17, 15) is 21.6 Å². The Labute approximate surface area is 137 Å². The van der Waals surface area contributed by atoms with Crippen LogP contribution in [0.15, 0.2) is 47.4 Å². The Morgan fingerprint density at radius 2 is 1.71 bits per heavy atom. The Morgan fingerprint density at radius 1 is 1.04 bits per heavy atom. The van der Waals surface area contributed by atoms with Crippen LogP contribution in [0.4, 0.5) is 18.9 Å². The molecule has 2 rings (SSSR count). The smallest absolute Gasteiger partial charge is 0.495 e. The van der Waals surface area contributed by atoms with Crippen LogP contribution >= 0.6 is 0 Å². The number of hydrogen-bond acceptors (Lipinski definition) is 4. The number of anilines is 1. The molecule has 0 aliphatic carbocycles. The third-order valence-corrected chi connectivity index (χ3v) is 4.37. The maximum absolute atomic E-state index is 12.4. The van der Waals surface area contributed by atoms with E-state index in [2.05, 4.69) is 9.46 Å². The van der Waals surface area contributed by atoms with Gasteiger partial charge in [-0.05, 0) is 36.8 Å². The Morgan fingerprint density at radius 3 is 2.33 bits per heavy atom. The molecule has 0 fully saturated rings. The second-order valence-corrected chi connectivity index (χ2v) is 6.45. The second kappa shape index (κ2) is 6.60. The lowest BCUT2D eigenvalue weighted by Gasteiger charge is -2.16. The van der Waals surface area contributed by atoms with Gasteiger partial charge in [0.15, 0.2) is 0 Å². The summed E-state index contributed by atoms with van der Waals surface area (Å²) >= 11 is 0. The minimum atomic E-state index is -5.01. The molecular weight excluding hydrogens is 347 g/mol. The van der Waals surface area contributed by atoms with Gasteiger partial charge in [0, 0.05) is 0 Å². The van der Waals surface area contributed by atoms with Crippen molar-refractivity contribution in [3.8, 4) is 11.5 Å². The van der Waals surface area contributed by atoms with Gasteiger partial charge in [0.1, 0.15) is 16.4 Å². The molecule has 1 N–H and O–H groups in total.